The number of H-pyrrole nitrogens is 1. The summed E-state index contributed by atoms with van der Waals surface area (Å²) in [5.41, 5.74) is 12.6. The fraction of sp³-hybridized carbons (Fsp3) is 0.0476. The first-order valence-electron chi connectivity index (χ1n) is 8.30. The molecule has 126 valence electrons. The van der Waals surface area contributed by atoms with Gasteiger partial charge in [0.25, 0.3) is 0 Å². The van der Waals surface area contributed by atoms with Crippen LogP contribution in [0.15, 0.2) is 65.1 Å². The first kappa shape index (κ1) is 15.3. The number of hydrogen-bond donors (Lipinski definition) is 2. The number of amides is 1. The zero-order chi connectivity index (χ0) is 17.8. The van der Waals surface area contributed by atoms with Gasteiger partial charge in [-0.1, -0.05) is 52.3 Å². The molecule has 3 N–H and O–H groups in total. The molecular weight excluding hydrogens is 390 g/mol. The number of carbonyl (C=O) groups is 1. The molecule has 5 rings (SSSR count). The number of aromatic amines is 1. The van der Waals surface area contributed by atoms with Crippen LogP contribution in [0.25, 0.3) is 33.5 Å². The van der Waals surface area contributed by atoms with Gasteiger partial charge in [0.05, 0.1) is 17.0 Å². The fourth-order valence-corrected chi connectivity index (χ4v) is 4.24. The number of para-hydroxylation sites is 2. The van der Waals surface area contributed by atoms with Gasteiger partial charge in [0.2, 0.25) is 5.91 Å². The van der Waals surface area contributed by atoms with Crippen LogP contribution in [0, 0.1) is 0 Å². The lowest BCUT2D eigenvalue weighted by Gasteiger charge is -2.10. The van der Waals surface area contributed by atoms with Gasteiger partial charge >= 0.3 is 0 Å². The molecule has 1 aliphatic rings. The number of nitrogens with two attached hydrogens (primary N) is 1. The highest BCUT2D eigenvalue weighted by Crippen LogP contribution is 2.49. The van der Waals surface area contributed by atoms with Crippen LogP contribution >= 0.6 is 15.9 Å². The number of nitrogens with zero attached hydrogens (tertiary/aromatic N) is 1. The molecule has 0 saturated carbocycles. The maximum absolute atomic E-state index is 12.2. The van der Waals surface area contributed by atoms with Crippen LogP contribution in [0.4, 0.5) is 0 Å². The van der Waals surface area contributed by atoms with E-state index in [9.17, 15) is 4.79 Å². The lowest BCUT2D eigenvalue weighted by molar-refractivity contribution is -0.118. The summed E-state index contributed by atoms with van der Waals surface area (Å²) < 4.78 is 0.931. The molecule has 1 aromatic heterocycles. The Labute approximate surface area is 158 Å². The fourth-order valence-electron chi connectivity index (χ4n) is 3.86. The van der Waals surface area contributed by atoms with Crippen LogP contribution in [0.3, 0.4) is 0 Å². The molecule has 1 aliphatic carbocycles. The van der Waals surface area contributed by atoms with E-state index in [-0.39, 0.29) is 5.91 Å². The minimum Gasteiger partial charge on any atom is -0.369 e. The third-order valence-corrected chi connectivity index (χ3v) is 5.42. The molecule has 4 nitrogen and oxygen atoms in total. The van der Waals surface area contributed by atoms with E-state index in [1.807, 2.05) is 60.7 Å². The Morgan fingerprint density at radius 1 is 1.00 bits per heavy atom. The third-order valence-electron chi connectivity index (χ3n) is 4.93. The second-order valence-electron chi connectivity index (χ2n) is 6.44. The van der Waals surface area contributed by atoms with E-state index in [2.05, 4.69) is 20.9 Å². The Hall–Kier alpha value is -2.92. The van der Waals surface area contributed by atoms with Crippen molar-refractivity contribution in [2.75, 3.05) is 0 Å². The summed E-state index contributed by atoms with van der Waals surface area (Å²) >= 11 is 3.50. The zero-order valence-corrected chi connectivity index (χ0v) is 15.2. The highest BCUT2D eigenvalue weighted by atomic mass is 79.9. The number of halogens is 1. The summed E-state index contributed by atoms with van der Waals surface area (Å²) in [6.45, 7) is 0. The largest absolute Gasteiger partial charge is 0.369 e. The number of imidazole rings is 1. The van der Waals surface area contributed by atoms with Crippen molar-refractivity contribution in [2.45, 2.75) is 5.92 Å². The van der Waals surface area contributed by atoms with E-state index in [0.717, 1.165) is 49.1 Å². The molecule has 1 amide bonds. The van der Waals surface area contributed by atoms with Crippen molar-refractivity contribution in [3.63, 3.8) is 0 Å². The minimum atomic E-state index is -0.443. The Kier molecular flexibility index (Phi) is 3.27. The van der Waals surface area contributed by atoms with Crippen LogP contribution in [0.5, 0.6) is 0 Å². The predicted octanol–water partition coefficient (Wildman–Crippen LogP) is 4.59. The van der Waals surface area contributed by atoms with Gasteiger partial charge in [-0.15, -0.1) is 0 Å². The molecule has 0 bridgehead atoms. The first-order chi connectivity index (χ1) is 12.6. The van der Waals surface area contributed by atoms with Crippen LogP contribution in [0.2, 0.25) is 0 Å². The second kappa shape index (κ2) is 5.54. The average molecular weight is 404 g/mol. The number of hydrogen-bond acceptors (Lipinski definition) is 2. The van der Waals surface area contributed by atoms with Gasteiger partial charge < -0.3 is 10.7 Å². The van der Waals surface area contributed by atoms with Crippen molar-refractivity contribution in [3.05, 3.63) is 76.3 Å². The molecule has 0 aliphatic heterocycles. The quantitative estimate of drug-likeness (QED) is 0.513. The molecule has 5 heteroatoms. The molecule has 3 aromatic carbocycles. The lowest BCUT2D eigenvalue weighted by atomic mass is 9.95. The summed E-state index contributed by atoms with van der Waals surface area (Å²) in [5, 5.41) is 0. The molecule has 0 spiro atoms. The Morgan fingerprint density at radius 2 is 1.85 bits per heavy atom. The smallest absolute Gasteiger partial charge is 0.229 e. The summed E-state index contributed by atoms with van der Waals surface area (Å²) in [4.78, 5) is 20.3. The van der Waals surface area contributed by atoms with Gasteiger partial charge in [0, 0.05) is 10.0 Å². The lowest BCUT2D eigenvalue weighted by Crippen LogP contribution is -2.20. The normalized spacial score (nSPS) is 15.0. The zero-order valence-electron chi connectivity index (χ0n) is 13.7. The van der Waals surface area contributed by atoms with Gasteiger partial charge in [0.15, 0.2) is 0 Å². The van der Waals surface area contributed by atoms with Crippen LogP contribution in [0.1, 0.15) is 17.0 Å². The molecule has 1 atom stereocenters. The number of nitrogens with one attached hydrogen (secondary N) is 1. The number of aromatic nitrogens is 2. The van der Waals surface area contributed by atoms with E-state index in [1.165, 1.54) is 0 Å². The monoisotopic (exact) mass is 403 g/mol. The number of benzene rings is 3. The van der Waals surface area contributed by atoms with Crippen molar-refractivity contribution in [2.24, 2.45) is 5.73 Å². The summed E-state index contributed by atoms with van der Waals surface area (Å²) in [5.74, 6) is 0.00808. The van der Waals surface area contributed by atoms with Gasteiger partial charge in [0.1, 0.15) is 5.82 Å². The summed E-state index contributed by atoms with van der Waals surface area (Å²) in [7, 11) is 0. The summed E-state index contributed by atoms with van der Waals surface area (Å²) in [6, 6.07) is 19.9. The van der Waals surface area contributed by atoms with Gasteiger partial charge in [-0.25, -0.2) is 4.98 Å². The van der Waals surface area contributed by atoms with Crippen molar-refractivity contribution in [1.82, 2.24) is 9.97 Å². The second-order valence-corrected chi connectivity index (χ2v) is 7.35. The third kappa shape index (κ3) is 2.14. The number of primary amides is 1. The number of fused-ring (bicyclic) bond motifs is 4. The SMILES string of the molecule is NC(=O)[C@@H]1c2cc(Br)ccc2-c2c(-c3nc4ccccc4[nH]3)cccc21. The standard InChI is InChI=1S/C21H14BrN3O/c22-11-8-9-12-15(10-11)19(20(23)26)13-4-3-5-14(18(12)13)21-24-16-6-1-2-7-17(16)25-21/h1-10,19H,(H2,23,26)(H,24,25)/t19-/m0/s1. The van der Waals surface area contributed by atoms with Crippen LogP contribution < -0.4 is 5.73 Å². The van der Waals surface area contributed by atoms with E-state index < -0.39 is 5.92 Å². The number of carbonyl (C=O) groups excluding carboxylic acids is 1. The van der Waals surface area contributed by atoms with E-state index in [0.29, 0.717) is 0 Å². The molecular formula is C21H14BrN3O. The molecule has 0 fully saturated rings. The molecule has 1 heterocycles. The maximum Gasteiger partial charge on any atom is 0.229 e. The van der Waals surface area contributed by atoms with Crippen molar-refractivity contribution < 1.29 is 4.79 Å². The topological polar surface area (TPSA) is 71.8 Å². The van der Waals surface area contributed by atoms with Crippen LogP contribution in [-0.2, 0) is 4.79 Å². The Balaban J connectivity index is 1.81. The van der Waals surface area contributed by atoms with Crippen molar-refractivity contribution in [3.8, 4) is 22.5 Å². The number of rotatable bonds is 2. The van der Waals surface area contributed by atoms with Crippen LogP contribution in [-0.4, -0.2) is 15.9 Å². The molecule has 0 radical (unpaired) electrons. The first-order valence-corrected chi connectivity index (χ1v) is 9.10. The van der Waals surface area contributed by atoms with E-state index in [1.54, 1.807) is 0 Å². The highest BCUT2D eigenvalue weighted by molar-refractivity contribution is 9.10. The highest BCUT2D eigenvalue weighted by Gasteiger charge is 2.34. The molecule has 0 unspecified atom stereocenters. The van der Waals surface area contributed by atoms with Crippen molar-refractivity contribution in [1.29, 1.82) is 0 Å². The molecule has 4 aromatic rings. The average Bonchev–Trinajstić information content (AvgIpc) is 3.19. The molecule has 26 heavy (non-hydrogen) atoms. The van der Waals surface area contributed by atoms with Gasteiger partial charge in [-0.2, -0.15) is 0 Å². The van der Waals surface area contributed by atoms with Crippen molar-refractivity contribution >= 4 is 32.9 Å². The van der Waals surface area contributed by atoms with Gasteiger partial charge in [-0.3, -0.25) is 4.79 Å². The van der Waals surface area contributed by atoms with E-state index >= 15 is 0 Å². The Morgan fingerprint density at radius 3 is 2.65 bits per heavy atom. The summed E-state index contributed by atoms with van der Waals surface area (Å²) in [6.07, 6.45) is 0. The minimum absolute atomic E-state index is 0.343. The van der Waals surface area contributed by atoms with Gasteiger partial charge in [-0.05, 0) is 46.5 Å². The van der Waals surface area contributed by atoms with E-state index in [4.69, 9.17) is 10.7 Å². The Bertz CT molecular complexity index is 1160. The maximum atomic E-state index is 12.2. The predicted molar refractivity (Wildman–Crippen MR) is 106 cm³/mol. The molecule has 0 saturated heterocycles.